The number of ketones is 1. The van der Waals surface area contributed by atoms with Crippen molar-refractivity contribution in [3.8, 4) is 0 Å². The zero-order valence-electron chi connectivity index (χ0n) is 21.3. The summed E-state index contributed by atoms with van der Waals surface area (Å²) in [5.74, 6) is -1.06. The van der Waals surface area contributed by atoms with Crippen molar-refractivity contribution >= 4 is 35.1 Å². The highest BCUT2D eigenvalue weighted by Gasteiger charge is 2.30. The Morgan fingerprint density at radius 3 is 2.08 bits per heavy atom. The molecule has 38 heavy (non-hydrogen) atoms. The van der Waals surface area contributed by atoms with Gasteiger partial charge in [-0.2, -0.15) is 0 Å². The smallest absolute Gasteiger partial charge is 0.408 e. The van der Waals surface area contributed by atoms with Gasteiger partial charge < -0.3 is 20.1 Å². The zero-order valence-corrected chi connectivity index (χ0v) is 22.1. The number of rotatable bonds is 13. The third-order valence-electron chi connectivity index (χ3n) is 5.72. The maximum atomic E-state index is 13.4. The van der Waals surface area contributed by atoms with E-state index in [-0.39, 0.29) is 12.4 Å². The van der Waals surface area contributed by atoms with E-state index in [1.54, 1.807) is 61.5 Å². The Morgan fingerprint density at radius 2 is 1.45 bits per heavy atom. The molecular weight excluding hydrogens is 500 g/mol. The number of alkyl carbamates (subject to hydrolysis) is 1. The number of Topliss-reactive ketones (excluding diaryl/α,β-unsaturated/α-hetero) is 1. The molecule has 2 N–H and O–H groups in total. The van der Waals surface area contributed by atoms with Gasteiger partial charge in [0.2, 0.25) is 5.78 Å². The summed E-state index contributed by atoms with van der Waals surface area (Å²) in [6.45, 7) is 2.51. The molecule has 8 heteroatoms. The van der Waals surface area contributed by atoms with Crippen molar-refractivity contribution in [2.24, 2.45) is 0 Å². The lowest BCUT2D eigenvalue weighted by molar-refractivity contribution is -0.150. The normalized spacial score (nSPS) is 12.0. The summed E-state index contributed by atoms with van der Waals surface area (Å²) in [5, 5.41) is 5.70. The summed E-state index contributed by atoms with van der Waals surface area (Å²) >= 11 is 5.03. The second-order valence-corrected chi connectivity index (χ2v) is 9.31. The van der Waals surface area contributed by atoms with Crippen LogP contribution < -0.4 is 10.6 Å². The number of carbonyl (C=O) groups excluding carboxylic acids is 3. The molecule has 0 radical (unpaired) electrons. The van der Waals surface area contributed by atoms with E-state index in [9.17, 15) is 14.4 Å². The first-order chi connectivity index (χ1) is 18.4. The molecule has 3 aromatic rings. The highest BCUT2D eigenvalue weighted by atomic mass is 32.1. The average Bonchev–Trinajstić information content (AvgIpc) is 2.95. The second kappa shape index (κ2) is 15.3. The van der Waals surface area contributed by atoms with Gasteiger partial charge in [0, 0.05) is 17.7 Å². The van der Waals surface area contributed by atoms with Gasteiger partial charge in [-0.15, -0.1) is 0 Å². The van der Waals surface area contributed by atoms with Crippen LogP contribution in [0.25, 0.3) is 0 Å². The molecule has 198 valence electrons. The lowest BCUT2D eigenvalue weighted by atomic mass is 9.99. The van der Waals surface area contributed by atoms with Crippen molar-refractivity contribution in [2.45, 2.75) is 44.9 Å². The number of ether oxygens (including phenoxy) is 2. The topological polar surface area (TPSA) is 93.7 Å². The Bertz CT molecular complexity index is 1190. The number of benzene rings is 3. The molecule has 0 aromatic heterocycles. The average molecular weight is 533 g/mol. The number of hydrogen-bond donors (Lipinski definition) is 2. The van der Waals surface area contributed by atoms with Gasteiger partial charge in [0.15, 0.2) is 6.10 Å². The standard InChI is InChI=1S/C30H32N2O5S/c1-22(38)31-20-12-11-19-26(32-30(35)36-21-23-13-5-2-6-14-23)29(34)37-28(25-17-9-4-10-18-25)27(33)24-15-7-3-8-16-24/h2-10,13-18,26,28H,11-12,19-21H2,1H3,(H,31,38)(H,32,35)/t26-,28?/m0/s1. The molecule has 0 saturated heterocycles. The number of esters is 1. The number of hydrogen-bond acceptors (Lipinski definition) is 6. The first kappa shape index (κ1) is 28.5. The molecule has 3 rings (SSSR count). The highest BCUT2D eigenvalue weighted by molar-refractivity contribution is 7.80. The maximum absolute atomic E-state index is 13.4. The first-order valence-electron chi connectivity index (χ1n) is 12.5. The lowest BCUT2D eigenvalue weighted by Crippen LogP contribution is -2.43. The molecule has 0 aliphatic heterocycles. The summed E-state index contributed by atoms with van der Waals surface area (Å²) in [7, 11) is 0. The predicted octanol–water partition coefficient (Wildman–Crippen LogP) is 5.56. The SMILES string of the molecule is CC(=S)NCCCC[C@H](NC(=O)OCc1ccccc1)C(=O)OC(C(=O)c1ccccc1)c1ccccc1. The minimum Gasteiger partial charge on any atom is -0.447 e. The fourth-order valence-electron chi connectivity index (χ4n) is 3.75. The molecule has 3 aromatic carbocycles. The quantitative estimate of drug-likeness (QED) is 0.129. The monoisotopic (exact) mass is 532 g/mol. The third-order valence-corrected chi connectivity index (χ3v) is 5.86. The minimum atomic E-state index is -1.16. The molecule has 1 amide bonds. The summed E-state index contributed by atoms with van der Waals surface area (Å²) in [4.78, 5) is 40.0. The third kappa shape index (κ3) is 9.44. The molecule has 0 aliphatic rings. The Balaban J connectivity index is 1.72. The van der Waals surface area contributed by atoms with Gasteiger partial charge in [0.25, 0.3) is 0 Å². The molecule has 7 nitrogen and oxygen atoms in total. The van der Waals surface area contributed by atoms with Crippen LogP contribution in [0.15, 0.2) is 91.0 Å². The van der Waals surface area contributed by atoms with Crippen molar-refractivity contribution in [1.29, 1.82) is 0 Å². The first-order valence-corrected chi connectivity index (χ1v) is 12.9. The van der Waals surface area contributed by atoms with Crippen molar-refractivity contribution in [1.82, 2.24) is 10.6 Å². The van der Waals surface area contributed by atoms with Gasteiger partial charge in [0.1, 0.15) is 12.6 Å². The summed E-state index contributed by atoms with van der Waals surface area (Å²) in [5.41, 5.74) is 1.78. The van der Waals surface area contributed by atoms with Gasteiger partial charge in [-0.25, -0.2) is 9.59 Å². The van der Waals surface area contributed by atoms with E-state index in [0.717, 1.165) is 12.0 Å². The Labute approximate surface area is 228 Å². The number of nitrogens with one attached hydrogen (secondary N) is 2. The predicted molar refractivity (Wildman–Crippen MR) is 150 cm³/mol. The summed E-state index contributed by atoms with van der Waals surface area (Å²) in [6, 6.07) is 25.7. The summed E-state index contributed by atoms with van der Waals surface area (Å²) < 4.78 is 11.1. The van der Waals surface area contributed by atoms with Crippen LogP contribution in [0.5, 0.6) is 0 Å². The fourth-order valence-corrected chi connectivity index (χ4v) is 3.85. The van der Waals surface area contributed by atoms with E-state index in [1.165, 1.54) is 0 Å². The molecule has 0 spiro atoms. The number of unbranched alkanes of at least 4 members (excludes halogenated alkanes) is 1. The maximum Gasteiger partial charge on any atom is 0.408 e. The van der Waals surface area contributed by atoms with Gasteiger partial charge in [-0.1, -0.05) is 103 Å². The van der Waals surface area contributed by atoms with E-state index in [1.807, 2.05) is 36.4 Å². The van der Waals surface area contributed by atoms with Crippen LogP contribution in [-0.4, -0.2) is 35.4 Å². The van der Waals surface area contributed by atoms with Crippen molar-refractivity contribution < 1.29 is 23.9 Å². The molecule has 0 bridgehead atoms. The van der Waals surface area contributed by atoms with E-state index >= 15 is 0 Å². The molecule has 0 saturated carbocycles. The summed E-state index contributed by atoms with van der Waals surface area (Å²) in [6.07, 6.45) is -0.261. The van der Waals surface area contributed by atoms with Crippen LogP contribution >= 0.6 is 12.2 Å². The van der Waals surface area contributed by atoms with Gasteiger partial charge in [-0.05, 0) is 31.7 Å². The van der Waals surface area contributed by atoms with E-state index < -0.39 is 24.2 Å². The van der Waals surface area contributed by atoms with Crippen LogP contribution in [-0.2, 0) is 20.9 Å². The van der Waals surface area contributed by atoms with Gasteiger partial charge in [-0.3, -0.25) is 4.79 Å². The molecule has 1 unspecified atom stereocenters. The largest absolute Gasteiger partial charge is 0.447 e. The van der Waals surface area contributed by atoms with Gasteiger partial charge in [0.05, 0.1) is 4.99 Å². The Morgan fingerprint density at radius 1 is 0.842 bits per heavy atom. The lowest BCUT2D eigenvalue weighted by Gasteiger charge is -2.22. The second-order valence-electron chi connectivity index (χ2n) is 8.70. The Hall–Kier alpha value is -4.04. The van der Waals surface area contributed by atoms with Crippen LogP contribution in [0.2, 0.25) is 0 Å². The van der Waals surface area contributed by atoms with Crippen LogP contribution in [0.1, 0.15) is 53.8 Å². The molecule has 0 fully saturated rings. The van der Waals surface area contributed by atoms with E-state index in [4.69, 9.17) is 21.7 Å². The Kier molecular flexibility index (Phi) is 11.5. The van der Waals surface area contributed by atoms with Crippen molar-refractivity contribution in [2.75, 3.05) is 6.54 Å². The van der Waals surface area contributed by atoms with Crippen molar-refractivity contribution in [3.63, 3.8) is 0 Å². The van der Waals surface area contributed by atoms with Crippen LogP contribution in [0, 0.1) is 0 Å². The molecule has 0 heterocycles. The number of amides is 1. The fraction of sp³-hybridized carbons (Fsp3) is 0.267. The van der Waals surface area contributed by atoms with E-state index in [2.05, 4.69) is 10.6 Å². The van der Waals surface area contributed by atoms with Crippen LogP contribution in [0.4, 0.5) is 4.79 Å². The van der Waals surface area contributed by atoms with Crippen molar-refractivity contribution in [3.05, 3.63) is 108 Å². The van der Waals surface area contributed by atoms with Gasteiger partial charge >= 0.3 is 12.1 Å². The molecular formula is C30H32N2O5S. The van der Waals surface area contributed by atoms with E-state index in [0.29, 0.717) is 35.5 Å². The minimum absolute atomic E-state index is 0.0610. The number of carbonyl (C=O) groups is 3. The molecule has 0 aliphatic carbocycles. The molecule has 2 atom stereocenters. The van der Waals surface area contributed by atoms with Crippen LogP contribution in [0.3, 0.4) is 0 Å². The number of thiocarbonyl (C=S) groups is 1. The zero-order chi connectivity index (χ0) is 27.2. The highest BCUT2D eigenvalue weighted by Crippen LogP contribution is 2.24.